The molecule has 1 aromatic rings. The van der Waals surface area contributed by atoms with Crippen LogP contribution in [-0.4, -0.2) is 47.2 Å². The number of carbonyl (C=O) groups is 1. The lowest BCUT2D eigenvalue weighted by Gasteiger charge is -2.53. The number of aliphatic hydroxyl groups excluding tert-OH is 1. The van der Waals surface area contributed by atoms with Crippen LogP contribution in [0.3, 0.4) is 0 Å². The number of ether oxygens (including phenoxy) is 3. The molecule has 1 aromatic carbocycles. The van der Waals surface area contributed by atoms with Crippen LogP contribution in [-0.2, 0) is 9.47 Å². The van der Waals surface area contributed by atoms with Crippen molar-refractivity contribution >= 4 is 5.97 Å². The highest BCUT2D eigenvalue weighted by Crippen LogP contribution is 2.67. The third-order valence-corrected chi connectivity index (χ3v) is 7.96. The van der Waals surface area contributed by atoms with Crippen molar-refractivity contribution in [2.75, 3.05) is 13.7 Å². The summed E-state index contributed by atoms with van der Waals surface area (Å²) < 4.78 is 17.3. The SMILES string of the molecule is COc1cc(C(=O)OC[C@@H](C)[C@H]2CC[C@]3(C)C[C@H](O)[C@]4(C)CC[C@]23O4)ccc1O. The molecule has 1 saturated carbocycles. The average Bonchev–Trinajstić information content (AvgIpc) is 3.17. The fraction of sp³-hybridized carbons (Fsp3) is 0.696. The molecule has 1 spiro atoms. The second-order valence-electron chi connectivity index (χ2n) is 9.69. The van der Waals surface area contributed by atoms with E-state index in [0.29, 0.717) is 18.1 Å². The van der Waals surface area contributed by atoms with Crippen molar-refractivity contribution in [1.82, 2.24) is 0 Å². The van der Waals surface area contributed by atoms with Crippen molar-refractivity contribution in [3.63, 3.8) is 0 Å². The van der Waals surface area contributed by atoms with Crippen LogP contribution in [0.25, 0.3) is 0 Å². The van der Waals surface area contributed by atoms with Gasteiger partial charge in [0.25, 0.3) is 0 Å². The highest BCUT2D eigenvalue weighted by Gasteiger charge is 2.69. The minimum atomic E-state index is -0.457. The molecule has 0 aromatic heterocycles. The second kappa shape index (κ2) is 6.88. The molecule has 3 aliphatic rings. The van der Waals surface area contributed by atoms with Crippen molar-refractivity contribution in [2.45, 2.75) is 70.2 Å². The highest BCUT2D eigenvalue weighted by molar-refractivity contribution is 5.90. The van der Waals surface area contributed by atoms with Crippen LogP contribution >= 0.6 is 0 Å². The largest absolute Gasteiger partial charge is 0.504 e. The van der Waals surface area contributed by atoms with E-state index < -0.39 is 17.7 Å². The van der Waals surface area contributed by atoms with Gasteiger partial charge in [-0.15, -0.1) is 0 Å². The number of benzene rings is 1. The van der Waals surface area contributed by atoms with Crippen LogP contribution in [0.1, 0.15) is 63.2 Å². The molecule has 0 radical (unpaired) electrons. The topological polar surface area (TPSA) is 85.2 Å². The van der Waals surface area contributed by atoms with Gasteiger partial charge in [-0.05, 0) is 74.5 Å². The fourth-order valence-electron chi connectivity index (χ4n) is 6.11. The van der Waals surface area contributed by atoms with Crippen LogP contribution in [0, 0.1) is 17.3 Å². The zero-order chi connectivity index (χ0) is 21.0. The van der Waals surface area contributed by atoms with Crippen molar-refractivity contribution in [2.24, 2.45) is 17.3 Å². The predicted molar refractivity (Wildman–Crippen MR) is 107 cm³/mol. The monoisotopic (exact) mass is 404 g/mol. The maximum Gasteiger partial charge on any atom is 0.338 e. The number of rotatable bonds is 5. The Hall–Kier alpha value is -1.79. The van der Waals surface area contributed by atoms with E-state index in [1.54, 1.807) is 0 Å². The zero-order valence-electron chi connectivity index (χ0n) is 17.7. The van der Waals surface area contributed by atoms with E-state index in [2.05, 4.69) is 13.8 Å². The molecule has 6 nitrogen and oxygen atoms in total. The summed E-state index contributed by atoms with van der Waals surface area (Å²) in [5.41, 5.74) is -0.377. The van der Waals surface area contributed by atoms with Crippen molar-refractivity contribution in [3.05, 3.63) is 23.8 Å². The van der Waals surface area contributed by atoms with Gasteiger partial charge >= 0.3 is 5.97 Å². The molecule has 6 heteroatoms. The molecule has 3 fully saturated rings. The Balaban J connectivity index is 1.46. The van der Waals surface area contributed by atoms with Crippen LogP contribution in [0.15, 0.2) is 18.2 Å². The average molecular weight is 405 g/mol. The molecule has 2 saturated heterocycles. The Kier molecular flexibility index (Phi) is 4.86. The number of esters is 1. The van der Waals surface area contributed by atoms with Gasteiger partial charge in [-0.25, -0.2) is 4.79 Å². The maximum atomic E-state index is 12.5. The predicted octanol–water partition coefficient (Wildman–Crippen LogP) is 3.68. The summed E-state index contributed by atoms with van der Waals surface area (Å²) in [5.74, 6) is 0.256. The summed E-state index contributed by atoms with van der Waals surface area (Å²) in [5, 5.41) is 20.3. The first-order valence-corrected chi connectivity index (χ1v) is 10.6. The molecule has 29 heavy (non-hydrogen) atoms. The summed E-state index contributed by atoms with van der Waals surface area (Å²) in [6, 6.07) is 4.45. The maximum absolute atomic E-state index is 12.5. The number of hydrogen-bond donors (Lipinski definition) is 2. The van der Waals surface area contributed by atoms with Gasteiger partial charge in [0.15, 0.2) is 11.5 Å². The van der Waals surface area contributed by atoms with E-state index in [-0.39, 0.29) is 28.4 Å². The van der Waals surface area contributed by atoms with E-state index in [1.807, 2.05) is 6.92 Å². The van der Waals surface area contributed by atoms with Gasteiger partial charge in [0.2, 0.25) is 0 Å². The summed E-state index contributed by atoms with van der Waals surface area (Å²) in [7, 11) is 1.44. The standard InChI is InChI=1S/C23H32O6/c1-14(13-28-20(26)15-5-6-17(24)18(11-15)27-4)16-7-8-21(2)12-19(25)22(3)9-10-23(16,21)29-22/h5-6,11,14,16,19,24-25H,7-10,12-13H2,1-4H3/t14-,16-,19+,21-,22+,23+/m1/s1. The number of fused-ring (bicyclic) bond motifs is 1. The smallest absolute Gasteiger partial charge is 0.338 e. The van der Waals surface area contributed by atoms with E-state index in [9.17, 15) is 15.0 Å². The van der Waals surface area contributed by atoms with Crippen molar-refractivity contribution in [3.8, 4) is 11.5 Å². The lowest BCUT2D eigenvalue weighted by molar-refractivity contribution is -0.248. The number of carbonyl (C=O) groups excluding carboxylic acids is 1. The Labute approximate surface area is 172 Å². The summed E-state index contributed by atoms with van der Waals surface area (Å²) >= 11 is 0. The Morgan fingerprint density at radius 1 is 1.31 bits per heavy atom. The Morgan fingerprint density at radius 3 is 2.79 bits per heavy atom. The van der Waals surface area contributed by atoms with Gasteiger partial charge in [0.05, 0.1) is 36.6 Å². The van der Waals surface area contributed by atoms with Gasteiger partial charge in [0.1, 0.15) is 0 Å². The number of aromatic hydroxyl groups is 1. The van der Waals surface area contributed by atoms with Crippen molar-refractivity contribution in [1.29, 1.82) is 0 Å². The number of hydrogen-bond acceptors (Lipinski definition) is 6. The number of aliphatic hydroxyl groups is 1. The van der Waals surface area contributed by atoms with Gasteiger partial charge < -0.3 is 24.4 Å². The lowest BCUT2D eigenvalue weighted by Crippen LogP contribution is -2.58. The van der Waals surface area contributed by atoms with E-state index in [1.165, 1.54) is 25.3 Å². The molecule has 0 amide bonds. The molecule has 4 rings (SSSR count). The van der Waals surface area contributed by atoms with Crippen LogP contribution in [0.2, 0.25) is 0 Å². The minimum absolute atomic E-state index is 0.0114. The van der Waals surface area contributed by atoms with Crippen molar-refractivity contribution < 1.29 is 29.2 Å². The van der Waals surface area contributed by atoms with E-state index in [0.717, 1.165) is 32.1 Å². The Bertz CT molecular complexity index is 809. The molecule has 2 bridgehead atoms. The van der Waals surface area contributed by atoms with Crippen LogP contribution in [0.4, 0.5) is 0 Å². The van der Waals surface area contributed by atoms with E-state index in [4.69, 9.17) is 14.2 Å². The first-order chi connectivity index (χ1) is 13.6. The van der Waals surface area contributed by atoms with Gasteiger partial charge in [-0.2, -0.15) is 0 Å². The Morgan fingerprint density at radius 2 is 2.07 bits per heavy atom. The van der Waals surface area contributed by atoms with Crippen LogP contribution < -0.4 is 4.74 Å². The summed E-state index contributed by atoms with van der Waals surface area (Å²) in [4.78, 5) is 12.5. The molecule has 0 unspecified atom stereocenters. The summed E-state index contributed by atoms with van der Waals surface area (Å²) in [6.45, 7) is 6.72. The first-order valence-electron chi connectivity index (χ1n) is 10.6. The molecular formula is C23H32O6. The second-order valence-corrected chi connectivity index (χ2v) is 9.69. The number of methoxy groups -OCH3 is 1. The van der Waals surface area contributed by atoms with Gasteiger partial charge in [-0.3, -0.25) is 0 Å². The number of phenols is 1. The summed E-state index contributed by atoms with van der Waals surface area (Å²) in [6.07, 6.45) is 4.23. The number of phenolic OH excluding ortho intramolecular Hbond substituents is 1. The molecule has 2 N–H and O–H groups in total. The minimum Gasteiger partial charge on any atom is -0.504 e. The van der Waals surface area contributed by atoms with E-state index >= 15 is 0 Å². The molecule has 1 aliphatic carbocycles. The molecular weight excluding hydrogens is 372 g/mol. The molecule has 6 atom stereocenters. The lowest BCUT2D eigenvalue weighted by atomic mass is 9.66. The molecule has 2 aliphatic heterocycles. The third kappa shape index (κ3) is 3.03. The normalized spacial score (nSPS) is 39.1. The third-order valence-electron chi connectivity index (χ3n) is 7.96. The van der Waals surface area contributed by atoms with Crippen LogP contribution in [0.5, 0.6) is 11.5 Å². The van der Waals surface area contributed by atoms with Gasteiger partial charge in [-0.1, -0.05) is 13.8 Å². The zero-order valence-corrected chi connectivity index (χ0v) is 17.7. The highest BCUT2D eigenvalue weighted by atomic mass is 16.6. The fourth-order valence-corrected chi connectivity index (χ4v) is 6.11. The first kappa shape index (κ1) is 20.5. The quantitative estimate of drug-likeness (QED) is 0.728. The molecule has 160 valence electrons. The molecule has 2 heterocycles. The van der Waals surface area contributed by atoms with Gasteiger partial charge in [0, 0.05) is 0 Å².